The fourth-order valence-corrected chi connectivity index (χ4v) is 8.20. The van der Waals surface area contributed by atoms with E-state index in [1.165, 1.54) is 66.1 Å². The molecular formula is C47H41N2O+. The minimum atomic E-state index is 0.299. The first kappa shape index (κ1) is 30.4. The number of hydrogen-bond acceptors (Lipinski definition) is 1. The van der Waals surface area contributed by atoms with Gasteiger partial charge < -0.3 is 4.42 Å². The second kappa shape index (κ2) is 11.5. The Bertz CT molecular complexity index is 2750. The Hall–Kier alpha value is -5.67. The number of furan rings is 1. The lowest BCUT2D eigenvalue weighted by molar-refractivity contribution is -0.633. The summed E-state index contributed by atoms with van der Waals surface area (Å²) in [5, 5.41) is 7.08. The van der Waals surface area contributed by atoms with Crippen molar-refractivity contribution >= 4 is 54.5 Å². The van der Waals surface area contributed by atoms with Crippen molar-refractivity contribution in [2.45, 2.75) is 46.5 Å². The van der Waals surface area contributed by atoms with Gasteiger partial charge in [0.1, 0.15) is 16.8 Å². The van der Waals surface area contributed by atoms with Gasteiger partial charge in [-0.15, -0.1) is 0 Å². The van der Waals surface area contributed by atoms with Crippen molar-refractivity contribution in [3.05, 3.63) is 144 Å². The lowest BCUT2D eigenvalue weighted by Gasteiger charge is -2.21. The lowest BCUT2D eigenvalue weighted by Crippen LogP contribution is -2.30. The molecule has 0 aliphatic heterocycles. The highest BCUT2D eigenvalue weighted by molar-refractivity contribution is 6.24. The predicted octanol–water partition coefficient (Wildman–Crippen LogP) is 12.6. The van der Waals surface area contributed by atoms with Crippen molar-refractivity contribution in [1.29, 1.82) is 0 Å². The smallest absolute Gasteiger partial charge is 0.299 e. The number of benzene rings is 7. The van der Waals surface area contributed by atoms with E-state index in [-0.39, 0.29) is 0 Å². The number of nitrogens with zero attached hydrogens (tertiary/aromatic N) is 2. The zero-order valence-corrected chi connectivity index (χ0v) is 29.6. The van der Waals surface area contributed by atoms with Gasteiger partial charge in [-0.3, -0.25) is 0 Å². The molecule has 0 saturated heterocycles. The number of hydrogen-bond donors (Lipinski definition) is 0. The summed E-state index contributed by atoms with van der Waals surface area (Å²) in [6, 6.07) is 46.5. The summed E-state index contributed by atoms with van der Waals surface area (Å²) in [6.07, 6.45) is 0. The van der Waals surface area contributed by atoms with Gasteiger partial charge in [0.25, 0.3) is 5.82 Å². The predicted molar refractivity (Wildman–Crippen MR) is 211 cm³/mol. The summed E-state index contributed by atoms with van der Waals surface area (Å²) < 4.78 is 12.1. The standard InChI is InChI=1S/C47H41N2O/c1-28(2)38-26-34(31-14-8-7-9-15-31)27-39(29(3)4)44(38)49-41-19-13-12-18-40(41)48(6)47(49)42-30(5)20-24-36-37-25-23-33-22-21-32-16-10-11-17-35(32)43(33)46(37)50-45(36)42/h7-29H,1-6H3/q+1. The van der Waals surface area contributed by atoms with Crippen molar-refractivity contribution in [1.82, 2.24) is 4.57 Å². The molecule has 9 rings (SSSR count). The quantitative estimate of drug-likeness (QED) is 0.134. The van der Waals surface area contributed by atoms with E-state index in [1.54, 1.807) is 0 Å². The van der Waals surface area contributed by atoms with E-state index >= 15 is 0 Å². The highest BCUT2D eigenvalue weighted by atomic mass is 16.3. The molecule has 9 aromatic rings. The summed E-state index contributed by atoms with van der Waals surface area (Å²) in [6.45, 7) is 11.5. The first-order valence-corrected chi connectivity index (χ1v) is 17.8. The van der Waals surface area contributed by atoms with Crippen LogP contribution >= 0.6 is 0 Å². The molecule has 0 aliphatic rings. The third-order valence-electron chi connectivity index (χ3n) is 10.7. The van der Waals surface area contributed by atoms with Gasteiger partial charge in [-0.2, -0.15) is 4.57 Å². The Morgan fingerprint density at radius 3 is 1.96 bits per heavy atom. The van der Waals surface area contributed by atoms with Crippen LogP contribution in [0.25, 0.3) is 82.7 Å². The number of aryl methyl sites for hydroxylation is 2. The zero-order chi connectivity index (χ0) is 34.3. The van der Waals surface area contributed by atoms with Crippen LogP contribution in [-0.2, 0) is 7.05 Å². The molecule has 0 atom stereocenters. The van der Waals surface area contributed by atoms with Crippen LogP contribution in [0.4, 0.5) is 0 Å². The van der Waals surface area contributed by atoms with Crippen LogP contribution in [0.2, 0.25) is 0 Å². The SMILES string of the molecule is Cc1ccc2c(oc3c2ccc2ccc4ccccc4c23)c1-c1n(-c2c(C(C)C)cc(-c3ccccc3)cc2C(C)C)c2ccccc2[n+]1C. The molecule has 0 spiro atoms. The molecule has 0 radical (unpaired) electrons. The van der Waals surface area contributed by atoms with Crippen molar-refractivity contribution in [3.63, 3.8) is 0 Å². The molecule has 3 nitrogen and oxygen atoms in total. The van der Waals surface area contributed by atoms with Gasteiger partial charge in [0.05, 0.1) is 7.05 Å². The number of imidazole rings is 1. The summed E-state index contributed by atoms with van der Waals surface area (Å²) in [7, 11) is 2.21. The van der Waals surface area contributed by atoms with Crippen LogP contribution in [0, 0.1) is 6.92 Å². The Balaban J connectivity index is 1.43. The van der Waals surface area contributed by atoms with Gasteiger partial charge in [0.15, 0.2) is 16.6 Å². The van der Waals surface area contributed by atoms with Gasteiger partial charge in [-0.1, -0.05) is 125 Å². The van der Waals surface area contributed by atoms with Crippen molar-refractivity contribution in [2.75, 3.05) is 0 Å². The molecule has 50 heavy (non-hydrogen) atoms. The van der Waals surface area contributed by atoms with E-state index in [0.717, 1.165) is 33.3 Å². The molecule has 0 aliphatic carbocycles. The molecular weight excluding hydrogens is 609 g/mol. The summed E-state index contributed by atoms with van der Waals surface area (Å²) in [4.78, 5) is 0. The summed E-state index contributed by atoms with van der Waals surface area (Å²) in [5.74, 6) is 1.72. The first-order chi connectivity index (χ1) is 24.3. The molecule has 2 heterocycles. The molecule has 0 unspecified atom stereocenters. The Morgan fingerprint density at radius 1 is 0.580 bits per heavy atom. The van der Waals surface area contributed by atoms with E-state index in [2.05, 4.69) is 178 Å². The lowest BCUT2D eigenvalue weighted by atomic mass is 9.88. The Labute approximate surface area is 293 Å². The Kier molecular flexibility index (Phi) is 6.96. The minimum Gasteiger partial charge on any atom is -0.454 e. The van der Waals surface area contributed by atoms with Crippen LogP contribution in [0.1, 0.15) is 56.2 Å². The van der Waals surface area contributed by atoms with Crippen molar-refractivity contribution in [2.24, 2.45) is 7.05 Å². The van der Waals surface area contributed by atoms with E-state index in [1.807, 2.05) is 0 Å². The van der Waals surface area contributed by atoms with Gasteiger partial charge in [0, 0.05) is 27.3 Å². The van der Waals surface area contributed by atoms with E-state index in [0.29, 0.717) is 11.8 Å². The van der Waals surface area contributed by atoms with Crippen LogP contribution in [-0.4, -0.2) is 4.57 Å². The number of aromatic nitrogens is 2. The summed E-state index contributed by atoms with van der Waals surface area (Å²) in [5.41, 5.74) is 13.0. The molecule has 244 valence electrons. The molecule has 0 bridgehead atoms. The highest BCUT2D eigenvalue weighted by Gasteiger charge is 2.34. The third-order valence-corrected chi connectivity index (χ3v) is 10.7. The maximum atomic E-state index is 7.19. The molecule has 0 amide bonds. The molecule has 0 fully saturated rings. The first-order valence-electron chi connectivity index (χ1n) is 17.8. The number of rotatable bonds is 5. The second-order valence-corrected chi connectivity index (χ2v) is 14.4. The zero-order valence-electron chi connectivity index (χ0n) is 29.6. The van der Waals surface area contributed by atoms with Gasteiger partial charge in [-0.05, 0) is 81.9 Å². The van der Waals surface area contributed by atoms with Crippen LogP contribution in [0.5, 0.6) is 0 Å². The fourth-order valence-electron chi connectivity index (χ4n) is 8.20. The van der Waals surface area contributed by atoms with E-state index in [9.17, 15) is 0 Å². The number of fused-ring (bicyclic) bond motifs is 8. The Morgan fingerprint density at radius 2 is 1.20 bits per heavy atom. The van der Waals surface area contributed by atoms with Gasteiger partial charge in [-0.25, -0.2) is 4.57 Å². The molecule has 0 N–H and O–H groups in total. The third kappa shape index (κ3) is 4.46. The molecule has 2 aromatic heterocycles. The highest BCUT2D eigenvalue weighted by Crippen LogP contribution is 2.44. The topological polar surface area (TPSA) is 21.9 Å². The largest absolute Gasteiger partial charge is 0.454 e. The number of para-hydroxylation sites is 2. The molecule has 3 heteroatoms. The molecule has 0 saturated carbocycles. The maximum absolute atomic E-state index is 7.19. The van der Waals surface area contributed by atoms with Crippen molar-refractivity contribution < 1.29 is 8.98 Å². The van der Waals surface area contributed by atoms with Crippen LogP contribution in [0.3, 0.4) is 0 Å². The van der Waals surface area contributed by atoms with E-state index < -0.39 is 0 Å². The average molecular weight is 650 g/mol. The van der Waals surface area contributed by atoms with Gasteiger partial charge in [0.2, 0.25) is 0 Å². The van der Waals surface area contributed by atoms with Crippen LogP contribution in [0.15, 0.2) is 132 Å². The monoisotopic (exact) mass is 649 g/mol. The van der Waals surface area contributed by atoms with Crippen molar-refractivity contribution in [3.8, 4) is 28.2 Å². The second-order valence-electron chi connectivity index (χ2n) is 14.4. The minimum absolute atomic E-state index is 0.299. The molecule has 7 aromatic carbocycles. The van der Waals surface area contributed by atoms with Gasteiger partial charge >= 0.3 is 0 Å². The van der Waals surface area contributed by atoms with Crippen LogP contribution < -0.4 is 4.57 Å². The average Bonchev–Trinajstić information content (AvgIpc) is 3.66. The van der Waals surface area contributed by atoms with E-state index in [4.69, 9.17) is 4.42 Å². The maximum Gasteiger partial charge on any atom is 0.299 e. The fraction of sp³-hybridized carbons (Fsp3) is 0.170. The normalized spacial score (nSPS) is 12.2. The summed E-state index contributed by atoms with van der Waals surface area (Å²) >= 11 is 0.